The molecule has 4 rings (SSSR count). The van der Waals surface area contributed by atoms with Gasteiger partial charge in [0.15, 0.2) is 12.2 Å². The Morgan fingerprint density at radius 1 is 0.838 bits per heavy atom. The highest BCUT2D eigenvalue weighted by atomic mass is 17.0. The van der Waals surface area contributed by atoms with E-state index in [9.17, 15) is 29.8 Å². The summed E-state index contributed by atoms with van der Waals surface area (Å²) >= 11 is 0. The fourth-order valence-corrected chi connectivity index (χ4v) is 4.22. The summed E-state index contributed by atoms with van der Waals surface area (Å²) in [4.78, 5) is 49.6. The van der Waals surface area contributed by atoms with E-state index >= 15 is 0 Å². The molecule has 0 saturated carbocycles. The average molecular weight is 539 g/mol. The highest BCUT2D eigenvalue weighted by molar-refractivity contribution is 5.74. The number of primary amides is 2. The van der Waals surface area contributed by atoms with Gasteiger partial charge in [0.05, 0.1) is 38.6 Å². The first-order chi connectivity index (χ1) is 17.5. The van der Waals surface area contributed by atoms with Gasteiger partial charge in [-0.1, -0.05) is 6.92 Å². The van der Waals surface area contributed by atoms with Crippen LogP contribution in [0.3, 0.4) is 0 Å². The molecule has 7 N–H and O–H groups in total. The molecule has 0 radical (unpaired) electrons. The summed E-state index contributed by atoms with van der Waals surface area (Å²) in [7, 11) is 0. The maximum atomic E-state index is 10.6. The molecule has 4 saturated heterocycles. The molecule has 212 valence electrons. The molecule has 0 aromatic heterocycles. The second-order valence-electron chi connectivity index (χ2n) is 8.69. The normalized spacial score (nSPS) is 33.1. The van der Waals surface area contributed by atoms with E-state index in [1.54, 1.807) is 0 Å². The highest BCUT2D eigenvalue weighted by Crippen LogP contribution is 2.32. The molecule has 4 fully saturated rings. The lowest BCUT2D eigenvalue weighted by molar-refractivity contribution is -0.769. The van der Waals surface area contributed by atoms with Crippen molar-refractivity contribution < 1.29 is 48.4 Å². The largest absolute Gasteiger partial charge is 0.373 e. The fourth-order valence-electron chi connectivity index (χ4n) is 4.22. The van der Waals surface area contributed by atoms with Gasteiger partial charge in [-0.15, -0.1) is 20.2 Å². The van der Waals surface area contributed by atoms with Gasteiger partial charge in [-0.2, -0.15) is 0 Å². The van der Waals surface area contributed by atoms with Crippen LogP contribution in [0.1, 0.15) is 19.8 Å². The summed E-state index contributed by atoms with van der Waals surface area (Å²) in [5.41, 5.74) is 14.6. The molecular weight excluding hydrogens is 504 g/mol. The van der Waals surface area contributed by atoms with Crippen molar-refractivity contribution in [3.05, 3.63) is 20.2 Å². The first kappa shape index (κ1) is 30.3. The number of nitrogens with one attached hydrogen (secondary N) is 1. The van der Waals surface area contributed by atoms with Crippen LogP contribution in [0.15, 0.2) is 0 Å². The number of amides is 2. The number of hydrogen-bond acceptors (Lipinski definition) is 14. The first-order valence-electron chi connectivity index (χ1n) is 11.6. The summed E-state index contributed by atoms with van der Waals surface area (Å²) in [5, 5.41) is 21.8. The number of carbonyl (C=O) groups is 2. The molecule has 18 nitrogen and oxygen atoms in total. The second kappa shape index (κ2) is 14.7. The molecule has 0 spiro atoms. The van der Waals surface area contributed by atoms with Crippen LogP contribution in [-0.4, -0.2) is 104 Å². The Labute approximate surface area is 211 Å². The molecule has 0 unspecified atom stereocenters. The summed E-state index contributed by atoms with van der Waals surface area (Å²) in [6.45, 7) is 4.12. The van der Waals surface area contributed by atoms with E-state index in [1.807, 2.05) is 6.92 Å². The van der Waals surface area contributed by atoms with Gasteiger partial charge in [-0.05, 0) is 0 Å². The monoisotopic (exact) mass is 538 g/mol. The molecule has 0 bridgehead atoms. The lowest BCUT2D eigenvalue weighted by Gasteiger charge is -2.16. The second-order valence-corrected chi connectivity index (χ2v) is 8.69. The van der Waals surface area contributed by atoms with Crippen molar-refractivity contribution in [2.24, 2.45) is 23.1 Å². The summed E-state index contributed by atoms with van der Waals surface area (Å²) in [5.74, 6) is -0.428. The smallest absolute Gasteiger partial charge is 0.294 e. The zero-order valence-corrected chi connectivity index (χ0v) is 20.3. The van der Waals surface area contributed by atoms with E-state index in [4.69, 9.17) is 30.4 Å². The Hall–Kier alpha value is -2.90. The fraction of sp³-hybridized carbons (Fsp3) is 0.895. The molecule has 0 aliphatic carbocycles. The number of rotatable bonds is 10. The van der Waals surface area contributed by atoms with Crippen LogP contribution in [0.2, 0.25) is 0 Å². The van der Waals surface area contributed by atoms with Gasteiger partial charge in [0.2, 0.25) is 11.8 Å². The van der Waals surface area contributed by atoms with Gasteiger partial charge in [0.25, 0.3) is 10.2 Å². The average Bonchev–Trinajstić information content (AvgIpc) is 3.55. The van der Waals surface area contributed by atoms with Gasteiger partial charge in [-0.3, -0.25) is 9.59 Å². The van der Waals surface area contributed by atoms with Gasteiger partial charge in [-0.25, -0.2) is 0 Å². The maximum Gasteiger partial charge on any atom is 0.294 e. The van der Waals surface area contributed by atoms with Crippen molar-refractivity contribution in [2.75, 3.05) is 39.5 Å². The zero-order valence-electron chi connectivity index (χ0n) is 20.3. The third kappa shape index (κ3) is 9.48. The van der Waals surface area contributed by atoms with Crippen molar-refractivity contribution in [2.45, 2.75) is 62.4 Å². The van der Waals surface area contributed by atoms with Gasteiger partial charge >= 0.3 is 0 Å². The molecule has 4 aliphatic heterocycles. The Morgan fingerprint density at radius 3 is 1.81 bits per heavy atom. The molecule has 0 aromatic rings. The number of fused-ring (bicyclic) bond motifs is 2. The third-order valence-corrected chi connectivity index (χ3v) is 5.88. The van der Waals surface area contributed by atoms with Crippen LogP contribution in [0.5, 0.6) is 0 Å². The lowest BCUT2D eigenvalue weighted by Crippen LogP contribution is -2.42. The van der Waals surface area contributed by atoms with E-state index in [0.29, 0.717) is 38.6 Å². The third-order valence-electron chi connectivity index (χ3n) is 5.88. The summed E-state index contributed by atoms with van der Waals surface area (Å²) in [6, 6.07) is -0.102. The van der Waals surface area contributed by atoms with Crippen molar-refractivity contribution in [3.8, 4) is 0 Å². The molecule has 8 atom stereocenters. The Kier molecular flexibility index (Phi) is 12.1. The van der Waals surface area contributed by atoms with Crippen molar-refractivity contribution in [1.82, 2.24) is 5.32 Å². The Morgan fingerprint density at radius 2 is 1.32 bits per heavy atom. The Bertz CT molecular complexity index is 791. The van der Waals surface area contributed by atoms with E-state index in [1.165, 1.54) is 0 Å². The van der Waals surface area contributed by atoms with Crippen LogP contribution in [0.25, 0.3) is 0 Å². The molecule has 2 amide bonds. The number of nitrogens with two attached hydrogens (primary N) is 3. The quantitative estimate of drug-likeness (QED) is 0.160. The van der Waals surface area contributed by atoms with Crippen molar-refractivity contribution in [3.63, 3.8) is 0 Å². The minimum Gasteiger partial charge on any atom is -0.373 e. The molecule has 18 heteroatoms. The van der Waals surface area contributed by atoms with Gasteiger partial charge in [0.1, 0.15) is 18.3 Å². The van der Waals surface area contributed by atoms with Crippen LogP contribution in [0.4, 0.5) is 0 Å². The number of carbonyl (C=O) groups excluding carboxylic acids is 2. The van der Waals surface area contributed by atoms with Crippen LogP contribution >= 0.6 is 0 Å². The van der Waals surface area contributed by atoms with E-state index in [0.717, 1.165) is 0 Å². The SMILES string of the molecule is C[C@H]1CO[C@H]2[C@@H]1OC[C@@H]2O[N+](=O)[O-].NC(=O)CCN[C@@H]1CO[C@H]2[C@@H]1OC[C@@H]2O[N+](=O)[O-].NCCC(N)=O. The summed E-state index contributed by atoms with van der Waals surface area (Å²) in [6.07, 6.45) is -1.75. The predicted molar refractivity (Wildman–Crippen MR) is 120 cm³/mol. The molecular formula is C19H34N6O12. The van der Waals surface area contributed by atoms with E-state index in [-0.39, 0.29) is 55.8 Å². The Balaban J connectivity index is 0.000000221. The van der Waals surface area contributed by atoms with Gasteiger partial charge < -0.3 is 51.1 Å². The van der Waals surface area contributed by atoms with Crippen LogP contribution < -0.4 is 22.5 Å². The summed E-state index contributed by atoms with van der Waals surface area (Å²) < 4.78 is 21.6. The zero-order chi connectivity index (χ0) is 27.5. The number of ether oxygens (including phenoxy) is 4. The van der Waals surface area contributed by atoms with Crippen molar-refractivity contribution >= 4 is 11.8 Å². The standard InChI is InChI=1S/C9H15N3O6.C7H11NO5.C3H8N2O/c10-7(13)1-2-11-5-3-16-9-6(18-12(14)15)4-17-8(5)9;1-4-2-11-7-5(13-8(9)10)3-12-6(4)7;4-2-1-3(5)6/h5-6,8-9,11H,1-4H2,(H2,10,13);4-7H,2-3H2,1H3;1-2,4H2,(H2,5,6)/t5-,6+,8-,9-;4-,5-,6+,7+;/m10./s1. The maximum absolute atomic E-state index is 10.6. The van der Waals surface area contributed by atoms with Crippen molar-refractivity contribution in [1.29, 1.82) is 0 Å². The number of hydrogen-bond donors (Lipinski definition) is 4. The minimum absolute atomic E-state index is 0.0371. The van der Waals surface area contributed by atoms with Crippen LogP contribution in [-0.2, 0) is 38.2 Å². The van der Waals surface area contributed by atoms with E-state index < -0.39 is 28.5 Å². The number of nitrogens with zero attached hydrogens (tertiary/aromatic N) is 2. The van der Waals surface area contributed by atoms with Gasteiger partial charge in [0, 0.05) is 31.8 Å². The predicted octanol–water partition coefficient (Wildman–Crippen LogP) is -2.99. The molecule has 0 aromatic carbocycles. The topological polar surface area (TPSA) is 266 Å². The molecule has 4 aliphatic rings. The van der Waals surface area contributed by atoms with Crippen LogP contribution in [0, 0.1) is 26.1 Å². The van der Waals surface area contributed by atoms with E-state index in [2.05, 4.69) is 20.7 Å². The highest BCUT2D eigenvalue weighted by Gasteiger charge is 2.49. The molecule has 37 heavy (non-hydrogen) atoms. The minimum atomic E-state index is -0.840. The molecule has 4 heterocycles. The lowest BCUT2D eigenvalue weighted by atomic mass is 10.0. The first-order valence-corrected chi connectivity index (χ1v) is 11.6.